The monoisotopic (exact) mass is 271 g/mol. The van der Waals surface area contributed by atoms with Crippen molar-refractivity contribution in [3.63, 3.8) is 0 Å². The zero-order chi connectivity index (χ0) is 14.2. The van der Waals surface area contributed by atoms with Crippen LogP contribution in [0.1, 0.15) is 16.8 Å². The number of rotatable bonds is 6. The standard InChI is InChI=1S/C15H17N3O2/c16-13-8-4-9-17-14(13)18-10-5-11-20-15(19)12-6-2-1-3-7-12/h1-4,6-9H,5,10-11,16H2,(H,17,18). The number of nitrogen functional groups attached to an aromatic ring is 1. The van der Waals surface area contributed by atoms with E-state index in [4.69, 9.17) is 10.5 Å². The molecule has 0 spiro atoms. The molecule has 3 N–H and O–H groups in total. The van der Waals surface area contributed by atoms with Gasteiger partial charge in [-0.3, -0.25) is 0 Å². The molecule has 20 heavy (non-hydrogen) atoms. The number of pyridine rings is 1. The summed E-state index contributed by atoms with van der Waals surface area (Å²) in [6.45, 7) is 0.997. The van der Waals surface area contributed by atoms with Crippen molar-refractivity contribution < 1.29 is 9.53 Å². The van der Waals surface area contributed by atoms with Gasteiger partial charge in [0.15, 0.2) is 0 Å². The molecule has 1 aromatic carbocycles. The predicted molar refractivity (Wildman–Crippen MR) is 78.5 cm³/mol. The maximum absolute atomic E-state index is 11.7. The summed E-state index contributed by atoms with van der Waals surface area (Å²) in [6, 6.07) is 12.5. The van der Waals surface area contributed by atoms with Gasteiger partial charge in [0.25, 0.3) is 0 Å². The molecule has 1 heterocycles. The number of hydrogen-bond donors (Lipinski definition) is 2. The fraction of sp³-hybridized carbons (Fsp3) is 0.200. The molecule has 5 heteroatoms. The van der Waals surface area contributed by atoms with Crippen molar-refractivity contribution in [3.05, 3.63) is 54.2 Å². The van der Waals surface area contributed by atoms with Gasteiger partial charge in [0.1, 0.15) is 5.82 Å². The van der Waals surface area contributed by atoms with E-state index >= 15 is 0 Å². The van der Waals surface area contributed by atoms with Crippen LogP contribution in [-0.2, 0) is 4.74 Å². The molecule has 0 radical (unpaired) electrons. The maximum atomic E-state index is 11.7. The summed E-state index contributed by atoms with van der Waals surface area (Å²) in [5, 5.41) is 3.10. The van der Waals surface area contributed by atoms with Crippen LogP contribution in [0.4, 0.5) is 11.5 Å². The van der Waals surface area contributed by atoms with E-state index in [0.717, 1.165) is 0 Å². The molecule has 1 aromatic heterocycles. The minimum Gasteiger partial charge on any atom is -0.462 e. The van der Waals surface area contributed by atoms with E-state index < -0.39 is 0 Å². The number of benzene rings is 1. The fourth-order valence-electron chi connectivity index (χ4n) is 1.67. The predicted octanol–water partition coefficient (Wildman–Crippen LogP) is 2.32. The van der Waals surface area contributed by atoms with Gasteiger partial charge in [0.2, 0.25) is 0 Å². The molecule has 5 nitrogen and oxygen atoms in total. The van der Waals surface area contributed by atoms with Crippen LogP contribution in [0, 0.1) is 0 Å². The highest BCUT2D eigenvalue weighted by molar-refractivity contribution is 5.89. The second-order valence-corrected chi connectivity index (χ2v) is 4.22. The summed E-state index contributed by atoms with van der Waals surface area (Å²) in [4.78, 5) is 15.8. The van der Waals surface area contributed by atoms with Crippen molar-refractivity contribution in [3.8, 4) is 0 Å². The van der Waals surface area contributed by atoms with Gasteiger partial charge in [-0.2, -0.15) is 0 Å². The van der Waals surface area contributed by atoms with Gasteiger partial charge in [-0.1, -0.05) is 18.2 Å². The van der Waals surface area contributed by atoms with Gasteiger partial charge in [0, 0.05) is 12.7 Å². The largest absolute Gasteiger partial charge is 0.462 e. The number of nitrogens with zero attached hydrogens (tertiary/aromatic N) is 1. The molecule has 2 rings (SSSR count). The number of nitrogens with one attached hydrogen (secondary N) is 1. The number of carbonyl (C=O) groups is 1. The molecule has 0 fully saturated rings. The van der Waals surface area contributed by atoms with E-state index in [-0.39, 0.29) is 5.97 Å². The second kappa shape index (κ2) is 7.13. The summed E-state index contributed by atoms with van der Waals surface area (Å²) in [6.07, 6.45) is 2.36. The Kier molecular flexibility index (Phi) is 4.94. The first kappa shape index (κ1) is 13.9. The van der Waals surface area contributed by atoms with Gasteiger partial charge in [-0.25, -0.2) is 9.78 Å². The average molecular weight is 271 g/mol. The van der Waals surface area contributed by atoms with Crippen molar-refractivity contribution in [2.75, 3.05) is 24.2 Å². The SMILES string of the molecule is Nc1cccnc1NCCCOC(=O)c1ccccc1. The van der Waals surface area contributed by atoms with Crippen molar-refractivity contribution in [1.82, 2.24) is 4.98 Å². The van der Waals surface area contributed by atoms with Crippen LogP contribution >= 0.6 is 0 Å². The van der Waals surface area contributed by atoms with E-state index in [1.54, 1.807) is 30.5 Å². The van der Waals surface area contributed by atoms with Crippen LogP contribution < -0.4 is 11.1 Å². The van der Waals surface area contributed by atoms with E-state index in [9.17, 15) is 4.79 Å². The highest BCUT2D eigenvalue weighted by Crippen LogP contribution is 2.12. The molecule has 104 valence electrons. The molecule has 0 saturated heterocycles. The van der Waals surface area contributed by atoms with Gasteiger partial charge in [-0.15, -0.1) is 0 Å². The van der Waals surface area contributed by atoms with Crippen LogP contribution in [0.3, 0.4) is 0 Å². The lowest BCUT2D eigenvalue weighted by Crippen LogP contribution is -2.11. The maximum Gasteiger partial charge on any atom is 0.338 e. The number of esters is 1. The molecule has 0 bridgehead atoms. The number of ether oxygens (including phenoxy) is 1. The average Bonchev–Trinajstić information content (AvgIpc) is 2.49. The van der Waals surface area contributed by atoms with Crippen LogP contribution in [0.2, 0.25) is 0 Å². The molecular weight excluding hydrogens is 254 g/mol. The molecule has 0 atom stereocenters. The molecule has 0 aliphatic rings. The minimum absolute atomic E-state index is 0.303. The summed E-state index contributed by atoms with van der Waals surface area (Å²) in [7, 11) is 0. The van der Waals surface area contributed by atoms with E-state index in [1.165, 1.54) is 0 Å². The third kappa shape index (κ3) is 3.98. The lowest BCUT2D eigenvalue weighted by atomic mass is 10.2. The van der Waals surface area contributed by atoms with Crippen molar-refractivity contribution in [2.45, 2.75) is 6.42 Å². The van der Waals surface area contributed by atoms with E-state index in [1.807, 2.05) is 18.2 Å². The first-order valence-electron chi connectivity index (χ1n) is 6.44. The summed E-state index contributed by atoms with van der Waals surface area (Å²) in [5.41, 5.74) is 6.92. The lowest BCUT2D eigenvalue weighted by Gasteiger charge is -2.08. The molecule has 0 unspecified atom stereocenters. The highest BCUT2D eigenvalue weighted by Gasteiger charge is 2.05. The summed E-state index contributed by atoms with van der Waals surface area (Å²) < 4.78 is 5.17. The molecular formula is C15H17N3O2. The number of nitrogens with two attached hydrogens (primary N) is 1. The Morgan fingerprint density at radius 1 is 1.20 bits per heavy atom. The van der Waals surface area contributed by atoms with Gasteiger partial charge in [-0.05, 0) is 30.7 Å². The Morgan fingerprint density at radius 2 is 2.00 bits per heavy atom. The number of anilines is 2. The van der Waals surface area contributed by atoms with E-state index in [2.05, 4.69) is 10.3 Å². The van der Waals surface area contributed by atoms with Crippen molar-refractivity contribution in [1.29, 1.82) is 0 Å². The van der Waals surface area contributed by atoms with Gasteiger partial charge >= 0.3 is 5.97 Å². The Balaban J connectivity index is 1.67. The Bertz CT molecular complexity index is 558. The van der Waals surface area contributed by atoms with Crippen LogP contribution in [0.5, 0.6) is 0 Å². The van der Waals surface area contributed by atoms with Gasteiger partial charge in [0.05, 0.1) is 17.9 Å². The molecule has 0 aliphatic heterocycles. The lowest BCUT2D eigenvalue weighted by molar-refractivity contribution is 0.0504. The Labute approximate surface area is 117 Å². The Morgan fingerprint density at radius 3 is 2.75 bits per heavy atom. The van der Waals surface area contributed by atoms with E-state index in [0.29, 0.717) is 36.6 Å². The van der Waals surface area contributed by atoms with Crippen LogP contribution in [0.25, 0.3) is 0 Å². The fourth-order valence-corrected chi connectivity index (χ4v) is 1.67. The molecule has 2 aromatic rings. The first-order valence-corrected chi connectivity index (χ1v) is 6.44. The molecule has 0 aliphatic carbocycles. The number of carbonyl (C=O) groups excluding carboxylic acids is 1. The van der Waals surface area contributed by atoms with Gasteiger partial charge < -0.3 is 15.8 Å². The molecule has 0 amide bonds. The van der Waals surface area contributed by atoms with Crippen molar-refractivity contribution >= 4 is 17.5 Å². The van der Waals surface area contributed by atoms with Crippen molar-refractivity contribution in [2.24, 2.45) is 0 Å². The minimum atomic E-state index is -0.303. The number of aromatic nitrogens is 1. The Hall–Kier alpha value is -2.56. The quantitative estimate of drug-likeness (QED) is 0.623. The van der Waals surface area contributed by atoms with Crippen LogP contribution in [-0.4, -0.2) is 24.1 Å². The zero-order valence-electron chi connectivity index (χ0n) is 11.1. The zero-order valence-corrected chi connectivity index (χ0v) is 11.1. The summed E-state index contributed by atoms with van der Waals surface area (Å²) in [5.74, 6) is 0.352. The second-order valence-electron chi connectivity index (χ2n) is 4.22. The summed E-state index contributed by atoms with van der Waals surface area (Å²) >= 11 is 0. The highest BCUT2D eigenvalue weighted by atomic mass is 16.5. The first-order chi connectivity index (χ1) is 9.77. The number of hydrogen-bond acceptors (Lipinski definition) is 5. The third-order valence-corrected chi connectivity index (χ3v) is 2.70. The van der Waals surface area contributed by atoms with Crippen LogP contribution in [0.15, 0.2) is 48.7 Å². The topological polar surface area (TPSA) is 77.2 Å². The normalized spacial score (nSPS) is 10.0. The molecule has 0 saturated carbocycles. The third-order valence-electron chi connectivity index (χ3n) is 2.70. The smallest absolute Gasteiger partial charge is 0.338 e.